The number of hydrogen-bond donors (Lipinski definition) is 5. The molecule has 6 rings (SSSR count). The van der Waals surface area contributed by atoms with Crippen LogP contribution < -0.4 is 24.3 Å². The van der Waals surface area contributed by atoms with Gasteiger partial charge in [-0.15, -0.1) is 0 Å². The molecule has 0 spiro atoms. The topological polar surface area (TPSA) is 175 Å². The summed E-state index contributed by atoms with van der Waals surface area (Å²) in [4.78, 5) is 51.6. The second kappa shape index (κ2) is 21.7. The molecule has 2 aliphatic heterocycles. The van der Waals surface area contributed by atoms with Crippen molar-refractivity contribution in [2.75, 3.05) is 40.9 Å². The second-order valence-corrected chi connectivity index (χ2v) is 17.6. The number of aliphatic carboxylic acids is 2. The Morgan fingerprint density at radius 3 is 1.48 bits per heavy atom. The smallest absolute Gasteiger partial charge is 0.326 e. The van der Waals surface area contributed by atoms with Gasteiger partial charge in [-0.2, -0.15) is 9.13 Å². The van der Waals surface area contributed by atoms with Crippen LogP contribution in [0.15, 0.2) is 97.6 Å². The Labute approximate surface area is 357 Å². The number of amides is 1. The van der Waals surface area contributed by atoms with Gasteiger partial charge in [0.05, 0.1) is 12.2 Å². The molecule has 4 aromatic rings. The molecular weight excluding hydrogens is 803 g/mol. The van der Waals surface area contributed by atoms with Crippen LogP contribution in [0.5, 0.6) is 0 Å². The number of nitrogens with one attached hydrogen (secondary N) is 1. The maximum atomic E-state index is 12.6. The molecule has 2 saturated heterocycles. The van der Waals surface area contributed by atoms with Gasteiger partial charge in [0.2, 0.25) is 13.1 Å². The number of Topliss-reactive ketones (excluding diaryl/α,β-unsaturated/α-hetero) is 1. The fourth-order valence-electron chi connectivity index (χ4n) is 7.16. The first-order valence-electron chi connectivity index (χ1n) is 19.9. The maximum absolute atomic E-state index is 12.6. The number of carboxylic acids is 2. The predicted octanol–water partition coefficient (Wildman–Crippen LogP) is 4.20. The SMILES string of the molecule is O=C(CCCSSCCNC(=O)C[n+]1ccc(/C=C/c2ccc(N3CC(O)CC3C(=O)O)cc2)cc1)C[n+]1ccc(/C=C/c2ccc(N3CC(O)CC3C(=O)O)cc2)cc1. The number of aliphatic hydroxyl groups excluding tert-OH is 2. The number of carbonyl (C=O) groups excluding carboxylic acids is 2. The van der Waals surface area contributed by atoms with Crippen LogP contribution in [0.1, 0.15) is 47.9 Å². The van der Waals surface area contributed by atoms with Crippen LogP contribution in [0.4, 0.5) is 11.4 Å². The van der Waals surface area contributed by atoms with Crippen LogP contribution in [0.25, 0.3) is 24.3 Å². The minimum absolute atomic E-state index is 0.0687. The summed E-state index contributed by atoms with van der Waals surface area (Å²) in [6.07, 6.45) is 15.8. The average Bonchev–Trinajstić information content (AvgIpc) is 3.84. The monoisotopic (exact) mass is 853 g/mol. The molecule has 0 saturated carbocycles. The molecule has 1 amide bonds. The van der Waals surface area contributed by atoms with E-state index >= 15 is 0 Å². The van der Waals surface area contributed by atoms with Crippen molar-refractivity contribution in [3.05, 3.63) is 120 Å². The number of benzene rings is 2. The predicted molar refractivity (Wildman–Crippen MR) is 235 cm³/mol. The van der Waals surface area contributed by atoms with Crippen LogP contribution in [0, 0.1) is 0 Å². The molecule has 0 bridgehead atoms. The van der Waals surface area contributed by atoms with Crippen LogP contribution in [0.3, 0.4) is 0 Å². The molecule has 2 aromatic heterocycles. The zero-order valence-electron chi connectivity index (χ0n) is 33.2. The highest BCUT2D eigenvalue weighted by Crippen LogP contribution is 2.28. The lowest BCUT2D eigenvalue weighted by Gasteiger charge is -2.23. The summed E-state index contributed by atoms with van der Waals surface area (Å²) >= 11 is 0. The third-order valence-electron chi connectivity index (χ3n) is 10.3. The van der Waals surface area contributed by atoms with Crippen molar-refractivity contribution >= 4 is 80.9 Å². The van der Waals surface area contributed by atoms with Crippen molar-refractivity contribution in [1.29, 1.82) is 0 Å². The van der Waals surface area contributed by atoms with E-state index < -0.39 is 36.2 Å². The van der Waals surface area contributed by atoms with E-state index in [1.165, 1.54) is 0 Å². The highest BCUT2D eigenvalue weighted by Gasteiger charge is 2.37. The van der Waals surface area contributed by atoms with Crippen LogP contribution in [0.2, 0.25) is 0 Å². The van der Waals surface area contributed by atoms with Gasteiger partial charge in [0, 0.05) is 86.0 Å². The Bertz CT molecular complexity index is 1980. The molecule has 2 aromatic carbocycles. The van der Waals surface area contributed by atoms with Crippen LogP contribution >= 0.6 is 21.6 Å². The van der Waals surface area contributed by atoms with E-state index in [0.29, 0.717) is 32.6 Å². The Morgan fingerprint density at radius 2 is 1.03 bits per heavy atom. The molecule has 5 N–H and O–H groups in total. The first-order valence-corrected chi connectivity index (χ1v) is 22.4. The fraction of sp³-hybridized carbons (Fsp3) is 0.333. The second-order valence-electron chi connectivity index (χ2n) is 14.9. The third-order valence-corrected chi connectivity index (χ3v) is 12.8. The molecule has 4 heterocycles. The molecule has 0 aliphatic carbocycles. The summed E-state index contributed by atoms with van der Waals surface area (Å²) in [6, 6.07) is 21.5. The first-order chi connectivity index (χ1) is 29.0. The number of aromatic nitrogens is 2. The number of rotatable bonds is 20. The van der Waals surface area contributed by atoms with Gasteiger partial charge in [0.1, 0.15) is 12.1 Å². The van der Waals surface area contributed by atoms with Gasteiger partial charge >= 0.3 is 11.9 Å². The number of ketones is 1. The Kier molecular flexibility index (Phi) is 15.9. The van der Waals surface area contributed by atoms with Crippen molar-refractivity contribution in [3.8, 4) is 0 Å². The van der Waals surface area contributed by atoms with E-state index in [1.54, 1.807) is 31.4 Å². The van der Waals surface area contributed by atoms with Gasteiger partial charge in [-0.3, -0.25) is 9.59 Å². The van der Waals surface area contributed by atoms with E-state index in [0.717, 1.165) is 51.6 Å². The van der Waals surface area contributed by atoms with Gasteiger partial charge in [-0.25, -0.2) is 9.59 Å². The van der Waals surface area contributed by atoms with E-state index in [9.17, 15) is 39.6 Å². The normalized spacial score (nSPS) is 19.0. The zero-order valence-corrected chi connectivity index (χ0v) is 34.8. The average molecular weight is 854 g/mol. The van der Waals surface area contributed by atoms with Gasteiger partial charge < -0.3 is 35.5 Å². The van der Waals surface area contributed by atoms with Gasteiger partial charge in [0.25, 0.3) is 5.91 Å². The number of β-amino-alcohol motifs (C(OH)–C–C–N with tert-alkyl or cyclic N) is 2. The number of nitrogens with zero attached hydrogens (tertiary/aromatic N) is 4. The lowest BCUT2D eigenvalue weighted by molar-refractivity contribution is -0.684. The molecule has 60 heavy (non-hydrogen) atoms. The van der Waals surface area contributed by atoms with E-state index in [2.05, 4.69) is 5.32 Å². The summed E-state index contributed by atoms with van der Waals surface area (Å²) in [5.74, 6) is -0.163. The number of pyridine rings is 2. The minimum Gasteiger partial charge on any atom is -0.480 e. The standard InChI is InChI=1S/C45H49N5O8S2/c51-38(28-47-20-15-34(16-21-47)5-3-32-7-11-36(12-8-32)49-29-39(52)26-41(49)44(55)56)2-1-24-59-60-25-19-46-43(54)31-48-22-17-35(18-23-48)6-4-33-9-13-37(14-10-33)50-30-40(53)27-42(50)45(57)58/h3-18,20-23,39-42,52-53H,1-2,19,24-31H2,(H-2,46,54,55,56,57,58)/p+2. The Morgan fingerprint density at radius 1 is 0.617 bits per heavy atom. The van der Waals surface area contributed by atoms with Gasteiger partial charge in [0.15, 0.2) is 30.6 Å². The summed E-state index contributed by atoms with van der Waals surface area (Å²) in [7, 11) is 3.38. The number of anilines is 2. The molecule has 314 valence electrons. The van der Waals surface area contributed by atoms with Crippen molar-refractivity contribution in [3.63, 3.8) is 0 Å². The van der Waals surface area contributed by atoms with Crippen molar-refractivity contribution < 1.29 is 48.7 Å². The number of carbonyl (C=O) groups is 4. The quantitative estimate of drug-likeness (QED) is 0.0488. The summed E-state index contributed by atoms with van der Waals surface area (Å²) < 4.78 is 3.69. The Hall–Kier alpha value is -5.48. The number of carboxylic acid groups (broad SMARTS) is 2. The fourth-order valence-corrected chi connectivity index (χ4v) is 9.15. The van der Waals surface area contributed by atoms with Crippen molar-refractivity contribution in [2.45, 2.75) is 63.1 Å². The highest BCUT2D eigenvalue weighted by molar-refractivity contribution is 8.76. The first kappa shape index (κ1) is 44.1. The molecule has 13 nitrogen and oxygen atoms in total. The molecule has 2 fully saturated rings. The van der Waals surface area contributed by atoms with Crippen LogP contribution in [-0.2, 0) is 32.3 Å². The third kappa shape index (κ3) is 13.0. The molecule has 4 unspecified atom stereocenters. The largest absolute Gasteiger partial charge is 0.480 e. The summed E-state index contributed by atoms with van der Waals surface area (Å²) in [6.45, 7) is 1.68. The van der Waals surface area contributed by atoms with E-state index in [1.807, 2.05) is 131 Å². The maximum Gasteiger partial charge on any atom is 0.326 e. The van der Waals surface area contributed by atoms with Crippen LogP contribution in [-0.4, -0.2) is 99.5 Å². The Balaban J connectivity index is 0.804. The molecule has 4 atom stereocenters. The lowest BCUT2D eigenvalue weighted by atomic mass is 10.1. The summed E-state index contributed by atoms with van der Waals surface area (Å²) in [5, 5.41) is 41.8. The number of hydrogen-bond acceptors (Lipinski definition) is 10. The molecule has 15 heteroatoms. The van der Waals surface area contributed by atoms with Gasteiger partial charge in [-0.05, 0) is 52.9 Å². The molecule has 0 radical (unpaired) electrons. The molecular formula is C45H51N5O8S2+2. The minimum atomic E-state index is -0.937. The van der Waals surface area contributed by atoms with E-state index in [4.69, 9.17) is 0 Å². The highest BCUT2D eigenvalue weighted by atomic mass is 33.1. The van der Waals surface area contributed by atoms with Crippen molar-refractivity contribution in [2.24, 2.45) is 0 Å². The summed E-state index contributed by atoms with van der Waals surface area (Å²) in [5.41, 5.74) is 5.41. The lowest BCUT2D eigenvalue weighted by Crippen LogP contribution is -2.42. The van der Waals surface area contributed by atoms with Gasteiger partial charge in [-0.1, -0.05) is 70.2 Å². The van der Waals surface area contributed by atoms with E-state index in [-0.39, 0.29) is 31.1 Å². The number of aliphatic hydroxyl groups is 2. The van der Waals surface area contributed by atoms with Crippen molar-refractivity contribution in [1.82, 2.24) is 5.32 Å². The zero-order chi connectivity index (χ0) is 42.4. The molecule has 2 aliphatic rings.